The number of anilines is 1. The number of aromatic nitrogens is 1. The summed E-state index contributed by atoms with van der Waals surface area (Å²) >= 11 is 0. The molecule has 0 aliphatic heterocycles. The van der Waals surface area contributed by atoms with Gasteiger partial charge in [0.15, 0.2) is 11.5 Å². The molecule has 0 aliphatic rings. The molecule has 0 fully saturated rings. The van der Waals surface area contributed by atoms with E-state index in [0.717, 1.165) is 28.3 Å². The molecule has 0 saturated heterocycles. The van der Waals surface area contributed by atoms with Crippen molar-refractivity contribution in [3.8, 4) is 17.2 Å². The van der Waals surface area contributed by atoms with E-state index in [0.29, 0.717) is 37.0 Å². The van der Waals surface area contributed by atoms with Gasteiger partial charge in [-0.15, -0.1) is 0 Å². The zero-order valence-corrected chi connectivity index (χ0v) is 18.4. The Labute approximate surface area is 182 Å². The molecule has 2 aromatic carbocycles. The second kappa shape index (κ2) is 10.5. The van der Waals surface area contributed by atoms with Crippen molar-refractivity contribution < 1.29 is 23.5 Å². The van der Waals surface area contributed by atoms with Gasteiger partial charge >= 0.3 is 0 Å². The van der Waals surface area contributed by atoms with Crippen molar-refractivity contribution in [2.45, 2.75) is 40.7 Å². The lowest BCUT2D eigenvalue weighted by atomic mass is 10.1. The van der Waals surface area contributed by atoms with Crippen molar-refractivity contribution in [2.75, 3.05) is 18.5 Å². The molecular weight excluding hydrogens is 396 g/mol. The molecule has 1 amide bonds. The Morgan fingerprint density at radius 3 is 2.32 bits per heavy atom. The summed E-state index contributed by atoms with van der Waals surface area (Å²) in [6.07, 6.45) is 0.251. The van der Waals surface area contributed by atoms with E-state index in [-0.39, 0.29) is 12.3 Å². The number of carbonyl (C=O) groups excluding carboxylic acids is 1. The summed E-state index contributed by atoms with van der Waals surface area (Å²) in [6, 6.07) is 12.8. The van der Waals surface area contributed by atoms with Gasteiger partial charge in [0.1, 0.15) is 18.1 Å². The lowest BCUT2D eigenvalue weighted by molar-refractivity contribution is -0.115. The van der Waals surface area contributed by atoms with Crippen LogP contribution in [0.25, 0.3) is 0 Å². The van der Waals surface area contributed by atoms with Gasteiger partial charge in [-0.05, 0) is 57.5 Å². The smallest absolute Gasteiger partial charge is 0.228 e. The predicted molar refractivity (Wildman–Crippen MR) is 118 cm³/mol. The Bertz CT molecular complexity index is 992. The van der Waals surface area contributed by atoms with Gasteiger partial charge in [0.25, 0.3) is 0 Å². The number of nitrogens with zero attached hydrogens (tertiary/aromatic N) is 1. The van der Waals surface area contributed by atoms with Gasteiger partial charge < -0.3 is 24.1 Å². The number of ether oxygens (including phenoxy) is 3. The lowest BCUT2D eigenvalue weighted by Gasteiger charge is -2.13. The third kappa shape index (κ3) is 6.01. The second-order valence-corrected chi connectivity index (χ2v) is 6.99. The first kappa shape index (κ1) is 22.2. The molecule has 0 spiro atoms. The normalized spacial score (nSPS) is 10.6. The topological polar surface area (TPSA) is 82.8 Å². The SMILES string of the molecule is CCOc1ccc(NC(=O)Cc2ccc(OCc3c(C)noc3C)cc2)cc1OCC. The number of rotatable bonds is 10. The van der Waals surface area contributed by atoms with Crippen LogP contribution in [0.3, 0.4) is 0 Å². The van der Waals surface area contributed by atoms with Crippen LogP contribution < -0.4 is 19.5 Å². The Morgan fingerprint density at radius 1 is 0.968 bits per heavy atom. The summed E-state index contributed by atoms with van der Waals surface area (Å²) in [4.78, 5) is 12.5. The van der Waals surface area contributed by atoms with E-state index in [1.54, 1.807) is 18.2 Å². The lowest BCUT2D eigenvalue weighted by Crippen LogP contribution is -2.14. The van der Waals surface area contributed by atoms with E-state index in [9.17, 15) is 4.79 Å². The first-order chi connectivity index (χ1) is 15.0. The summed E-state index contributed by atoms with van der Waals surface area (Å²) < 4.78 is 22.1. The van der Waals surface area contributed by atoms with Gasteiger partial charge in [-0.25, -0.2) is 0 Å². The minimum atomic E-state index is -0.115. The van der Waals surface area contributed by atoms with Crippen molar-refractivity contribution in [3.05, 3.63) is 65.0 Å². The first-order valence-electron chi connectivity index (χ1n) is 10.3. The molecule has 3 aromatic rings. The molecule has 7 nitrogen and oxygen atoms in total. The summed E-state index contributed by atoms with van der Waals surface area (Å²) in [6.45, 7) is 9.02. The van der Waals surface area contributed by atoms with Crippen LogP contribution >= 0.6 is 0 Å². The van der Waals surface area contributed by atoms with Crippen molar-refractivity contribution in [2.24, 2.45) is 0 Å². The molecule has 7 heteroatoms. The van der Waals surface area contributed by atoms with Crippen molar-refractivity contribution >= 4 is 11.6 Å². The molecule has 0 aliphatic carbocycles. The number of carbonyl (C=O) groups is 1. The largest absolute Gasteiger partial charge is 0.490 e. The van der Waals surface area contributed by atoms with Gasteiger partial charge in [0.05, 0.1) is 30.9 Å². The number of aryl methyl sites for hydroxylation is 2. The highest BCUT2D eigenvalue weighted by atomic mass is 16.5. The van der Waals surface area contributed by atoms with Gasteiger partial charge in [-0.2, -0.15) is 0 Å². The molecular formula is C24H28N2O5. The first-order valence-corrected chi connectivity index (χ1v) is 10.3. The summed E-state index contributed by atoms with van der Waals surface area (Å²) in [5.41, 5.74) is 3.33. The Morgan fingerprint density at radius 2 is 1.68 bits per heavy atom. The minimum Gasteiger partial charge on any atom is -0.490 e. The summed E-state index contributed by atoms with van der Waals surface area (Å²) in [5, 5.41) is 6.83. The fraction of sp³-hybridized carbons (Fsp3) is 0.333. The van der Waals surface area contributed by atoms with Gasteiger partial charge in [-0.3, -0.25) is 4.79 Å². The fourth-order valence-corrected chi connectivity index (χ4v) is 3.09. The highest BCUT2D eigenvalue weighted by molar-refractivity contribution is 5.92. The molecule has 0 atom stereocenters. The monoisotopic (exact) mass is 424 g/mol. The molecule has 0 bridgehead atoms. The molecule has 3 rings (SSSR count). The van der Waals surface area contributed by atoms with E-state index in [1.165, 1.54) is 0 Å². The number of hydrogen-bond acceptors (Lipinski definition) is 6. The minimum absolute atomic E-state index is 0.115. The molecule has 31 heavy (non-hydrogen) atoms. The Balaban J connectivity index is 1.56. The molecule has 164 valence electrons. The van der Waals surface area contributed by atoms with E-state index in [1.807, 2.05) is 52.0 Å². The molecule has 0 saturated carbocycles. The number of hydrogen-bond donors (Lipinski definition) is 1. The van der Waals surface area contributed by atoms with Crippen LogP contribution in [0, 0.1) is 13.8 Å². The summed E-state index contributed by atoms with van der Waals surface area (Å²) in [5.74, 6) is 2.64. The van der Waals surface area contributed by atoms with Crippen LogP contribution in [-0.4, -0.2) is 24.3 Å². The van der Waals surface area contributed by atoms with E-state index in [2.05, 4.69) is 10.5 Å². The third-order valence-electron chi connectivity index (χ3n) is 4.68. The Hall–Kier alpha value is -3.48. The van der Waals surface area contributed by atoms with Crippen molar-refractivity contribution in [3.63, 3.8) is 0 Å². The zero-order chi connectivity index (χ0) is 22.2. The third-order valence-corrected chi connectivity index (χ3v) is 4.68. The summed E-state index contributed by atoms with van der Waals surface area (Å²) in [7, 11) is 0. The van der Waals surface area contributed by atoms with Crippen LogP contribution in [0.4, 0.5) is 5.69 Å². The standard InChI is InChI=1S/C24H28N2O5/c1-5-28-22-12-9-19(14-23(22)29-6-2)25-24(27)13-18-7-10-20(11-8-18)30-15-21-16(3)26-31-17(21)4/h7-12,14H,5-6,13,15H2,1-4H3,(H,25,27). The zero-order valence-electron chi connectivity index (χ0n) is 18.4. The molecule has 1 heterocycles. The van der Waals surface area contributed by atoms with Crippen molar-refractivity contribution in [1.82, 2.24) is 5.16 Å². The number of amides is 1. The van der Waals surface area contributed by atoms with Gasteiger partial charge in [0.2, 0.25) is 5.91 Å². The van der Waals surface area contributed by atoms with Crippen molar-refractivity contribution in [1.29, 1.82) is 0 Å². The maximum Gasteiger partial charge on any atom is 0.228 e. The maximum absolute atomic E-state index is 12.5. The van der Waals surface area contributed by atoms with E-state index < -0.39 is 0 Å². The maximum atomic E-state index is 12.5. The Kier molecular flexibility index (Phi) is 7.54. The van der Waals surface area contributed by atoms with Crippen LogP contribution in [0.1, 0.15) is 36.4 Å². The highest BCUT2D eigenvalue weighted by Crippen LogP contribution is 2.30. The molecule has 1 aromatic heterocycles. The average molecular weight is 424 g/mol. The second-order valence-electron chi connectivity index (χ2n) is 6.99. The van der Waals surface area contributed by atoms with Gasteiger partial charge in [-0.1, -0.05) is 17.3 Å². The molecule has 1 N–H and O–H groups in total. The van der Waals surface area contributed by atoms with E-state index >= 15 is 0 Å². The molecule has 0 unspecified atom stereocenters. The average Bonchev–Trinajstić information content (AvgIpc) is 3.07. The van der Waals surface area contributed by atoms with Crippen LogP contribution in [0.2, 0.25) is 0 Å². The van der Waals surface area contributed by atoms with Crippen LogP contribution in [-0.2, 0) is 17.8 Å². The number of benzene rings is 2. The highest BCUT2D eigenvalue weighted by Gasteiger charge is 2.11. The van der Waals surface area contributed by atoms with E-state index in [4.69, 9.17) is 18.7 Å². The van der Waals surface area contributed by atoms with Gasteiger partial charge in [0, 0.05) is 11.8 Å². The van der Waals surface area contributed by atoms with Crippen LogP contribution in [0.5, 0.6) is 17.2 Å². The quantitative estimate of drug-likeness (QED) is 0.501. The molecule has 0 radical (unpaired) electrons. The predicted octanol–water partition coefficient (Wildman–Crippen LogP) is 4.85. The fourth-order valence-electron chi connectivity index (χ4n) is 3.09. The number of nitrogens with one attached hydrogen (secondary N) is 1. The van der Waals surface area contributed by atoms with Crippen LogP contribution in [0.15, 0.2) is 47.0 Å².